The number of nitrogens with zero attached hydrogens (tertiary/aromatic N) is 1. The van der Waals surface area contributed by atoms with E-state index >= 15 is 0 Å². The molecule has 4 nitrogen and oxygen atoms in total. The normalized spacial score (nSPS) is 28.9. The molecule has 2 saturated heterocycles. The molecule has 100 valence electrons. The van der Waals surface area contributed by atoms with E-state index in [0.29, 0.717) is 38.8 Å². The summed E-state index contributed by atoms with van der Waals surface area (Å²) in [7, 11) is 0. The van der Waals surface area contributed by atoms with Gasteiger partial charge >= 0.3 is 0 Å². The highest BCUT2D eigenvalue weighted by Crippen LogP contribution is 2.41. The van der Waals surface area contributed by atoms with E-state index in [4.69, 9.17) is 0 Å². The highest BCUT2D eigenvalue weighted by atomic mass is 19.1. The summed E-state index contributed by atoms with van der Waals surface area (Å²) in [6.07, 6.45) is 3.76. The van der Waals surface area contributed by atoms with Gasteiger partial charge in [0.15, 0.2) is 5.67 Å². The van der Waals surface area contributed by atoms with Crippen LogP contribution in [0.15, 0.2) is 0 Å². The molecule has 3 rings (SSSR count). The largest absolute Gasteiger partial charge is 0.356 e. The number of hydrogen-bond acceptors (Lipinski definition) is 2. The smallest absolute Gasteiger partial charge is 0.260 e. The third-order valence-corrected chi connectivity index (χ3v) is 4.91. The fraction of sp³-hybridized carbons (Fsp3) is 0.846. The van der Waals surface area contributed by atoms with E-state index in [1.165, 1.54) is 0 Å². The number of nitrogens with one attached hydrogen (secondary N) is 1. The van der Waals surface area contributed by atoms with E-state index in [2.05, 4.69) is 5.32 Å². The molecule has 1 aliphatic carbocycles. The number of halogens is 1. The molecule has 2 heterocycles. The van der Waals surface area contributed by atoms with Crippen LogP contribution in [0, 0.1) is 5.41 Å². The van der Waals surface area contributed by atoms with E-state index in [-0.39, 0.29) is 17.2 Å². The number of carbonyl (C=O) groups is 2. The minimum Gasteiger partial charge on any atom is -0.356 e. The van der Waals surface area contributed by atoms with Crippen molar-refractivity contribution in [1.29, 1.82) is 0 Å². The van der Waals surface area contributed by atoms with E-state index in [1.54, 1.807) is 4.90 Å². The lowest BCUT2D eigenvalue weighted by Gasteiger charge is -2.42. The summed E-state index contributed by atoms with van der Waals surface area (Å²) in [6, 6.07) is 0. The third kappa shape index (κ3) is 1.63. The second-order valence-electron chi connectivity index (χ2n) is 5.90. The molecule has 2 aliphatic heterocycles. The topological polar surface area (TPSA) is 49.4 Å². The average Bonchev–Trinajstić information content (AvgIpc) is 2.68. The molecule has 0 aromatic heterocycles. The maximum absolute atomic E-state index is 14.1. The minimum atomic E-state index is -1.59. The Hall–Kier alpha value is -1.13. The summed E-state index contributed by atoms with van der Waals surface area (Å²) in [4.78, 5) is 25.5. The highest BCUT2D eigenvalue weighted by Gasteiger charge is 2.50. The Labute approximate surface area is 106 Å². The van der Waals surface area contributed by atoms with Crippen molar-refractivity contribution in [2.24, 2.45) is 5.41 Å². The molecule has 0 aromatic rings. The Morgan fingerprint density at radius 1 is 1.17 bits per heavy atom. The van der Waals surface area contributed by atoms with Gasteiger partial charge < -0.3 is 10.2 Å². The number of likely N-dealkylation sites (tertiary alicyclic amines) is 1. The van der Waals surface area contributed by atoms with Gasteiger partial charge in [-0.25, -0.2) is 4.39 Å². The van der Waals surface area contributed by atoms with Gasteiger partial charge in [-0.1, -0.05) is 0 Å². The Bertz CT molecular complexity index is 384. The molecule has 1 saturated carbocycles. The second-order valence-corrected chi connectivity index (χ2v) is 5.90. The lowest BCUT2D eigenvalue weighted by atomic mass is 9.75. The SMILES string of the molecule is O=C(N1CCC2(CCNC2=O)CC1)C1(F)CCC1. The van der Waals surface area contributed by atoms with Crippen molar-refractivity contribution in [3.63, 3.8) is 0 Å². The molecule has 1 N–H and O–H groups in total. The molecule has 2 amide bonds. The standard InChI is InChI=1S/C13H19FN2O2/c14-13(2-1-3-13)11(18)16-8-5-12(6-9-16)4-7-15-10(12)17/h1-9H2,(H,15,17). The Morgan fingerprint density at radius 3 is 2.28 bits per heavy atom. The van der Waals surface area contributed by atoms with Crippen molar-refractivity contribution < 1.29 is 14.0 Å². The van der Waals surface area contributed by atoms with Crippen LogP contribution in [0.5, 0.6) is 0 Å². The fourth-order valence-electron chi connectivity index (χ4n) is 3.32. The molecule has 0 atom stereocenters. The monoisotopic (exact) mass is 254 g/mol. The van der Waals surface area contributed by atoms with Crippen LogP contribution in [-0.4, -0.2) is 42.0 Å². The number of rotatable bonds is 1. The van der Waals surface area contributed by atoms with Crippen LogP contribution < -0.4 is 5.32 Å². The predicted octanol–water partition coefficient (Wildman–Crippen LogP) is 1.01. The number of hydrogen-bond donors (Lipinski definition) is 1. The molecular formula is C13H19FN2O2. The lowest BCUT2D eigenvalue weighted by molar-refractivity contribution is -0.153. The van der Waals surface area contributed by atoms with E-state index in [1.807, 2.05) is 0 Å². The van der Waals surface area contributed by atoms with Crippen LogP contribution >= 0.6 is 0 Å². The Balaban J connectivity index is 1.63. The molecule has 0 radical (unpaired) electrons. The first-order valence-corrected chi connectivity index (χ1v) is 6.82. The van der Waals surface area contributed by atoms with Crippen molar-refractivity contribution in [2.75, 3.05) is 19.6 Å². The molecule has 0 bridgehead atoms. The van der Waals surface area contributed by atoms with E-state index in [9.17, 15) is 14.0 Å². The van der Waals surface area contributed by atoms with Crippen molar-refractivity contribution in [2.45, 2.75) is 44.2 Å². The van der Waals surface area contributed by atoms with E-state index in [0.717, 1.165) is 19.4 Å². The zero-order chi connectivity index (χ0) is 12.8. The number of amides is 2. The number of piperidine rings is 1. The first kappa shape index (κ1) is 11.9. The van der Waals surface area contributed by atoms with Crippen molar-refractivity contribution in [3.8, 4) is 0 Å². The van der Waals surface area contributed by atoms with Crippen LogP contribution in [0.25, 0.3) is 0 Å². The zero-order valence-electron chi connectivity index (χ0n) is 10.5. The second kappa shape index (κ2) is 3.93. The Morgan fingerprint density at radius 2 is 1.83 bits per heavy atom. The molecule has 1 spiro atoms. The number of carbonyl (C=O) groups excluding carboxylic acids is 2. The van der Waals surface area contributed by atoms with Gasteiger partial charge in [0, 0.05) is 19.6 Å². The third-order valence-electron chi connectivity index (χ3n) is 4.91. The maximum atomic E-state index is 14.1. The first-order chi connectivity index (χ1) is 8.56. The summed E-state index contributed by atoms with van der Waals surface area (Å²) < 4.78 is 14.1. The predicted molar refractivity (Wildman–Crippen MR) is 63.6 cm³/mol. The van der Waals surface area contributed by atoms with Crippen LogP contribution in [0.3, 0.4) is 0 Å². The molecule has 0 unspecified atom stereocenters. The van der Waals surface area contributed by atoms with Crippen molar-refractivity contribution in [1.82, 2.24) is 10.2 Å². The molecule has 5 heteroatoms. The maximum Gasteiger partial charge on any atom is 0.260 e. The summed E-state index contributed by atoms with van der Waals surface area (Å²) in [6.45, 7) is 1.79. The van der Waals surface area contributed by atoms with Gasteiger partial charge in [0.05, 0.1) is 5.41 Å². The molecule has 0 aromatic carbocycles. The van der Waals surface area contributed by atoms with Gasteiger partial charge in [-0.2, -0.15) is 0 Å². The highest BCUT2D eigenvalue weighted by molar-refractivity contribution is 5.87. The number of alkyl halides is 1. The van der Waals surface area contributed by atoms with Crippen LogP contribution in [-0.2, 0) is 9.59 Å². The molecule has 18 heavy (non-hydrogen) atoms. The van der Waals surface area contributed by atoms with E-state index < -0.39 is 5.67 Å². The first-order valence-electron chi connectivity index (χ1n) is 6.82. The van der Waals surface area contributed by atoms with Gasteiger partial charge in [-0.05, 0) is 38.5 Å². The van der Waals surface area contributed by atoms with Gasteiger partial charge in [-0.3, -0.25) is 9.59 Å². The summed E-state index contributed by atoms with van der Waals surface area (Å²) in [5.41, 5.74) is -1.87. The van der Waals surface area contributed by atoms with Gasteiger partial charge in [0.1, 0.15) is 0 Å². The fourth-order valence-corrected chi connectivity index (χ4v) is 3.32. The summed E-state index contributed by atoms with van der Waals surface area (Å²) in [5.74, 6) is -0.227. The van der Waals surface area contributed by atoms with Crippen LogP contribution in [0.2, 0.25) is 0 Å². The summed E-state index contributed by atoms with van der Waals surface area (Å²) in [5, 5.41) is 2.86. The molecule has 3 fully saturated rings. The van der Waals surface area contributed by atoms with Crippen molar-refractivity contribution in [3.05, 3.63) is 0 Å². The zero-order valence-corrected chi connectivity index (χ0v) is 10.5. The Kier molecular flexibility index (Phi) is 2.61. The van der Waals surface area contributed by atoms with Gasteiger partial charge in [0.2, 0.25) is 5.91 Å². The van der Waals surface area contributed by atoms with Crippen molar-refractivity contribution >= 4 is 11.8 Å². The molecular weight excluding hydrogens is 235 g/mol. The van der Waals surface area contributed by atoms with Gasteiger partial charge in [-0.15, -0.1) is 0 Å². The minimum absolute atomic E-state index is 0.119. The summed E-state index contributed by atoms with van der Waals surface area (Å²) >= 11 is 0. The van der Waals surface area contributed by atoms with Crippen LogP contribution in [0.1, 0.15) is 38.5 Å². The lowest BCUT2D eigenvalue weighted by Crippen LogP contribution is -2.54. The van der Waals surface area contributed by atoms with Gasteiger partial charge in [0.25, 0.3) is 5.91 Å². The quantitative estimate of drug-likeness (QED) is 0.759. The van der Waals surface area contributed by atoms with Crippen LogP contribution in [0.4, 0.5) is 4.39 Å². The molecule has 3 aliphatic rings. The average molecular weight is 254 g/mol.